The number of carbonyl (C=O) groups is 1. The van der Waals surface area contributed by atoms with Crippen molar-refractivity contribution in [2.24, 2.45) is 0 Å². The molecule has 4 aromatic rings. The molecular weight excluding hydrogens is 431 g/mol. The van der Waals surface area contributed by atoms with Crippen molar-refractivity contribution in [3.63, 3.8) is 0 Å². The summed E-state index contributed by atoms with van der Waals surface area (Å²) in [5, 5.41) is 3.77. The van der Waals surface area contributed by atoms with Crippen LogP contribution in [0.2, 0.25) is 0 Å². The summed E-state index contributed by atoms with van der Waals surface area (Å²) in [6.45, 7) is 3.49. The second-order valence-corrected chi connectivity index (χ2v) is 9.13. The van der Waals surface area contributed by atoms with E-state index < -0.39 is 27.8 Å². The van der Waals surface area contributed by atoms with Crippen LogP contribution in [0, 0.1) is 12.7 Å². The average molecular weight is 453 g/mol. The number of furan rings is 1. The number of rotatable bonds is 6. The largest absolute Gasteiger partial charge is 0.459 e. The van der Waals surface area contributed by atoms with E-state index >= 15 is 0 Å². The first kappa shape index (κ1) is 21.6. The monoisotopic (exact) mass is 452 g/mol. The van der Waals surface area contributed by atoms with Gasteiger partial charge in [0.1, 0.15) is 17.2 Å². The van der Waals surface area contributed by atoms with Crippen molar-refractivity contribution in [3.8, 4) is 0 Å². The van der Waals surface area contributed by atoms with Crippen LogP contribution in [-0.4, -0.2) is 14.3 Å². The molecule has 1 heterocycles. The Balaban J connectivity index is 1.57. The van der Waals surface area contributed by atoms with Gasteiger partial charge in [-0.15, -0.1) is 0 Å². The maximum atomic E-state index is 13.9. The molecule has 0 bridgehead atoms. The third-order valence-corrected chi connectivity index (χ3v) is 6.46. The molecule has 1 atom stereocenters. The van der Waals surface area contributed by atoms with Crippen LogP contribution >= 0.6 is 0 Å². The SMILES string of the molecule is Cc1ccc(S(=O)(=O)Nc2ccccc2F)cc1C(=O)NC(C)c1cc2ccccc2o1. The fraction of sp³-hybridized carbons (Fsp3) is 0.125. The molecule has 8 heteroatoms. The molecule has 0 saturated heterocycles. The van der Waals surface area contributed by atoms with Gasteiger partial charge in [-0.1, -0.05) is 36.4 Å². The van der Waals surface area contributed by atoms with E-state index in [1.165, 1.54) is 36.4 Å². The lowest BCUT2D eigenvalue weighted by molar-refractivity contribution is 0.0935. The lowest BCUT2D eigenvalue weighted by atomic mass is 10.1. The lowest BCUT2D eigenvalue weighted by Gasteiger charge is -2.14. The van der Waals surface area contributed by atoms with Crippen molar-refractivity contribution in [3.05, 3.63) is 95.5 Å². The predicted molar refractivity (Wildman–Crippen MR) is 120 cm³/mol. The van der Waals surface area contributed by atoms with E-state index in [-0.39, 0.29) is 16.1 Å². The van der Waals surface area contributed by atoms with Crippen molar-refractivity contribution in [1.82, 2.24) is 5.32 Å². The van der Waals surface area contributed by atoms with Gasteiger partial charge in [0.2, 0.25) is 0 Å². The van der Waals surface area contributed by atoms with E-state index in [0.29, 0.717) is 16.9 Å². The first-order valence-electron chi connectivity index (χ1n) is 9.92. The predicted octanol–water partition coefficient (Wildman–Crippen LogP) is 5.17. The number of nitrogens with one attached hydrogen (secondary N) is 2. The maximum Gasteiger partial charge on any atom is 0.262 e. The Bertz CT molecular complexity index is 1380. The average Bonchev–Trinajstić information content (AvgIpc) is 3.20. The van der Waals surface area contributed by atoms with Crippen molar-refractivity contribution < 1.29 is 22.0 Å². The van der Waals surface area contributed by atoms with Gasteiger partial charge < -0.3 is 9.73 Å². The molecule has 2 N–H and O–H groups in total. The van der Waals surface area contributed by atoms with E-state index in [4.69, 9.17) is 4.42 Å². The zero-order chi connectivity index (χ0) is 22.9. The summed E-state index contributed by atoms with van der Waals surface area (Å²) in [6, 6.07) is 18.6. The number of halogens is 1. The smallest absolute Gasteiger partial charge is 0.262 e. The zero-order valence-electron chi connectivity index (χ0n) is 17.4. The molecule has 3 aromatic carbocycles. The summed E-state index contributed by atoms with van der Waals surface area (Å²) in [5.74, 6) is -0.554. The first-order valence-corrected chi connectivity index (χ1v) is 11.4. The van der Waals surface area contributed by atoms with Crippen LogP contribution in [0.5, 0.6) is 0 Å². The summed E-state index contributed by atoms with van der Waals surface area (Å²) in [4.78, 5) is 12.8. The van der Waals surface area contributed by atoms with Gasteiger partial charge in [0.25, 0.3) is 15.9 Å². The van der Waals surface area contributed by atoms with E-state index in [1.54, 1.807) is 13.8 Å². The molecule has 0 spiro atoms. The second kappa shape index (κ2) is 8.47. The number of fused-ring (bicyclic) bond motifs is 1. The molecule has 0 saturated carbocycles. The Morgan fingerprint density at radius 2 is 1.72 bits per heavy atom. The number of hydrogen-bond donors (Lipinski definition) is 2. The maximum absolute atomic E-state index is 13.9. The van der Waals surface area contributed by atoms with Crippen LogP contribution in [-0.2, 0) is 10.0 Å². The lowest BCUT2D eigenvalue weighted by Crippen LogP contribution is -2.27. The number of carbonyl (C=O) groups excluding carboxylic acids is 1. The highest BCUT2D eigenvalue weighted by Gasteiger charge is 2.21. The van der Waals surface area contributed by atoms with Gasteiger partial charge in [-0.2, -0.15) is 0 Å². The number of aryl methyl sites for hydroxylation is 1. The highest BCUT2D eigenvalue weighted by atomic mass is 32.2. The Morgan fingerprint density at radius 1 is 1.00 bits per heavy atom. The number of para-hydroxylation sites is 2. The molecule has 0 aliphatic heterocycles. The van der Waals surface area contributed by atoms with Crippen molar-refractivity contribution in [1.29, 1.82) is 0 Å². The van der Waals surface area contributed by atoms with Gasteiger partial charge in [-0.05, 0) is 55.8 Å². The highest BCUT2D eigenvalue weighted by molar-refractivity contribution is 7.92. The normalized spacial score (nSPS) is 12.5. The summed E-state index contributed by atoms with van der Waals surface area (Å²) in [6.07, 6.45) is 0. The van der Waals surface area contributed by atoms with Gasteiger partial charge >= 0.3 is 0 Å². The second-order valence-electron chi connectivity index (χ2n) is 7.44. The van der Waals surface area contributed by atoms with E-state index in [1.807, 2.05) is 30.3 Å². The molecule has 32 heavy (non-hydrogen) atoms. The van der Waals surface area contributed by atoms with Crippen LogP contribution < -0.4 is 10.0 Å². The number of anilines is 1. The van der Waals surface area contributed by atoms with Crippen LogP contribution in [0.25, 0.3) is 11.0 Å². The van der Waals surface area contributed by atoms with Crippen LogP contribution in [0.4, 0.5) is 10.1 Å². The first-order chi connectivity index (χ1) is 15.2. The molecule has 6 nitrogen and oxygen atoms in total. The summed E-state index contributed by atoms with van der Waals surface area (Å²) in [7, 11) is -4.10. The van der Waals surface area contributed by atoms with E-state index in [9.17, 15) is 17.6 Å². The molecule has 0 aliphatic rings. The van der Waals surface area contributed by atoms with E-state index in [2.05, 4.69) is 10.0 Å². The molecule has 1 unspecified atom stereocenters. The minimum atomic E-state index is -4.10. The third-order valence-electron chi connectivity index (χ3n) is 5.10. The third kappa shape index (κ3) is 4.36. The highest BCUT2D eigenvalue weighted by Crippen LogP contribution is 2.25. The Kier molecular flexibility index (Phi) is 5.71. The molecule has 1 aromatic heterocycles. The van der Waals surface area contributed by atoms with Crippen molar-refractivity contribution in [2.45, 2.75) is 24.8 Å². The van der Waals surface area contributed by atoms with Crippen LogP contribution in [0.1, 0.15) is 34.6 Å². The topological polar surface area (TPSA) is 88.4 Å². The number of amides is 1. The van der Waals surface area contributed by atoms with E-state index in [0.717, 1.165) is 11.5 Å². The standard InChI is InChI=1S/C24H21FN2O4S/c1-15-11-12-18(32(29,30)27-21-9-5-4-8-20(21)25)14-19(15)24(28)26-16(2)23-13-17-7-3-6-10-22(17)31-23/h3-14,16,27H,1-2H3,(H,26,28). The number of hydrogen-bond acceptors (Lipinski definition) is 4. The van der Waals surface area contributed by atoms with Crippen LogP contribution in [0.3, 0.4) is 0 Å². The molecular formula is C24H21FN2O4S. The number of benzene rings is 3. The van der Waals surface area contributed by atoms with Crippen LogP contribution in [0.15, 0.2) is 82.1 Å². The molecule has 164 valence electrons. The minimum absolute atomic E-state index is 0.145. The fourth-order valence-electron chi connectivity index (χ4n) is 3.32. The minimum Gasteiger partial charge on any atom is -0.459 e. The Hall–Kier alpha value is -3.65. The quantitative estimate of drug-likeness (QED) is 0.422. The summed E-state index contributed by atoms with van der Waals surface area (Å²) < 4.78 is 47.4. The molecule has 1 amide bonds. The van der Waals surface area contributed by atoms with Crippen molar-refractivity contribution in [2.75, 3.05) is 4.72 Å². The van der Waals surface area contributed by atoms with Gasteiger partial charge in [0.05, 0.1) is 16.6 Å². The summed E-state index contributed by atoms with van der Waals surface area (Å²) in [5.41, 5.74) is 1.35. The molecule has 0 radical (unpaired) electrons. The molecule has 4 rings (SSSR count). The Labute approximate surface area is 185 Å². The Morgan fingerprint density at radius 3 is 2.47 bits per heavy atom. The number of sulfonamides is 1. The fourth-order valence-corrected chi connectivity index (χ4v) is 4.41. The van der Waals surface area contributed by atoms with Gasteiger partial charge in [-0.25, -0.2) is 12.8 Å². The zero-order valence-corrected chi connectivity index (χ0v) is 18.2. The summed E-state index contributed by atoms with van der Waals surface area (Å²) >= 11 is 0. The van der Waals surface area contributed by atoms with Crippen molar-refractivity contribution >= 4 is 32.6 Å². The molecule has 0 fully saturated rings. The molecule has 0 aliphatic carbocycles. The van der Waals surface area contributed by atoms with Gasteiger partial charge in [0.15, 0.2) is 0 Å². The van der Waals surface area contributed by atoms with Gasteiger partial charge in [-0.3, -0.25) is 9.52 Å². The van der Waals surface area contributed by atoms with Gasteiger partial charge in [0, 0.05) is 10.9 Å².